The van der Waals surface area contributed by atoms with Crippen LogP contribution < -0.4 is 21.2 Å². The standard InChI is InChI=1S/C21H21N7O7S3/c1-35-26-14(12-9-38-21(22)24-12)17(31)25-15-18(32)28-16(20(33)34)10(8-37-19(15)28)7-36-11-2-4-27(5-3-11)23-6-13(29)30/h2-5,9,15,19,23H,6-8H2,1H3,(H4-,22,24,25,29,30,31,33,34)/p+1/b26-14+/t15-,19-/m1/s1. The van der Waals surface area contributed by atoms with Crippen molar-refractivity contribution in [3.63, 3.8) is 0 Å². The van der Waals surface area contributed by atoms with E-state index in [2.05, 4.69) is 20.9 Å². The number of hydrogen-bond acceptors (Lipinski definition) is 12. The first-order chi connectivity index (χ1) is 18.2. The molecule has 1 saturated heterocycles. The van der Waals surface area contributed by atoms with Crippen LogP contribution in [0.1, 0.15) is 5.69 Å². The lowest BCUT2D eigenvalue weighted by Crippen LogP contribution is -2.71. The van der Waals surface area contributed by atoms with E-state index >= 15 is 0 Å². The Labute approximate surface area is 227 Å². The van der Waals surface area contributed by atoms with E-state index in [4.69, 9.17) is 15.7 Å². The lowest BCUT2D eigenvalue weighted by atomic mass is 10.0. The monoisotopic (exact) mass is 580 g/mol. The summed E-state index contributed by atoms with van der Waals surface area (Å²) < 4.78 is 1.50. The van der Waals surface area contributed by atoms with E-state index in [1.54, 1.807) is 24.5 Å². The van der Waals surface area contributed by atoms with Crippen molar-refractivity contribution in [2.75, 3.05) is 36.3 Å². The summed E-state index contributed by atoms with van der Waals surface area (Å²) in [6.07, 6.45) is 3.30. The van der Waals surface area contributed by atoms with Gasteiger partial charge in [0.25, 0.3) is 11.8 Å². The van der Waals surface area contributed by atoms with Gasteiger partial charge in [0.1, 0.15) is 29.9 Å². The molecular weight excluding hydrogens is 558 g/mol. The van der Waals surface area contributed by atoms with Gasteiger partial charge in [-0.15, -0.1) is 34.9 Å². The van der Waals surface area contributed by atoms with E-state index in [1.807, 2.05) is 0 Å². The molecule has 4 heterocycles. The number of fused-ring (bicyclic) bond motifs is 1. The minimum absolute atomic E-state index is 0.0936. The summed E-state index contributed by atoms with van der Waals surface area (Å²) in [6.45, 7) is -0.240. The number of aliphatic carboxylic acids is 2. The molecule has 2 amide bonds. The number of aromatic nitrogens is 2. The maximum Gasteiger partial charge on any atom is 0.352 e. The summed E-state index contributed by atoms with van der Waals surface area (Å²) in [5, 5.41) is 26.1. The third-order valence-corrected chi connectivity index (χ3v) is 8.44. The third kappa shape index (κ3) is 5.84. The quantitative estimate of drug-likeness (QED) is 0.0753. The third-order valence-electron chi connectivity index (χ3n) is 5.32. The Morgan fingerprint density at radius 2 is 2.08 bits per heavy atom. The van der Waals surface area contributed by atoms with Gasteiger partial charge in [-0.2, -0.15) is 5.43 Å². The smallest absolute Gasteiger partial charge is 0.352 e. The van der Waals surface area contributed by atoms with Crippen LogP contribution in [-0.4, -0.2) is 86.1 Å². The van der Waals surface area contributed by atoms with Crippen molar-refractivity contribution in [1.82, 2.24) is 15.2 Å². The Morgan fingerprint density at radius 1 is 1.34 bits per heavy atom. The lowest BCUT2D eigenvalue weighted by molar-refractivity contribution is -0.649. The van der Waals surface area contributed by atoms with E-state index in [1.165, 1.54) is 45.6 Å². The van der Waals surface area contributed by atoms with Gasteiger partial charge < -0.3 is 26.1 Å². The van der Waals surface area contributed by atoms with E-state index < -0.39 is 35.2 Å². The molecule has 0 saturated carbocycles. The Bertz CT molecular complexity index is 1330. The Kier molecular flexibility index (Phi) is 8.38. The van der Waals surface area contributed by atoms with Crippen LogP contribution in [0, 0.1) is 0 Å². The normalized spacial score (nSPS) is 18.9. The summed E-state index contributed by atoms with van der Waals surface area (Å²) in [5.74, 6) is -2.79. The lowest BCUT2D eigenvalue weighted by Gasteiger charge is -2.49. The minimum atomic E-state index is -1.23. The molecule has 200 valence electrons. The molecule has 0 bridgehead atoms. The second kappa shape index (κ2) is 11.7. The van der Waals surface area contributed by atoms with E-state index in [9.17, 15) is 24.3 Å². The van der Waals surface area contributed by atoms with Crippen molar-refractivity contribution in [2.24, 2.45) is 5.16 Å². The topological polar surface area (TPSA) is 200 Å². The number of carbonyl (C=O) groups is 4. The van der Waals surface area contributed by atoms with Crippen molar-refractivity contribution >= 4 is 69.5 Å². The predicted molar refractivity (Wildman–Crippen MR) is 139 cm³/mol. The number of pyridine rings is 1. The average Bonchev–Trinajstić information content (AvgIpc) is 3.33. The number of oxime groups is 1. The molecular formula is C21H22N7O7S3+. The predicted octanol–water partition coefficient (Wildman–Crippen LogP) is -0.478. The van der Waals surface area contributed by atoms with Crippen LogP contribution in [-0.2, 0) is 24.0 Å². The molecule has 2 aromatic rings. The second-order valence-electron chi connectivity index (χ2n) is 7.77. The molecule has 2 aliphatic heterocycles. The second-order valence-corrected chi connectivity index (χ2v) is 10.8. The minimum Gasteiger partial charge on any atom is -0.480 e. The number of anilines is 1. The number of nitrogens with one attached hydrogen (secondary N) is 2. The van der Waals surface area contributed by atoms with Crippen molar-refractivity contribution in [1.29, 1.82) is 0 Å². The maximum atomic E-state index is 13.0. The van der Waals surface area contributed by atoms with Crippen LogP contribution in [0.5, 0.6) is 0 Å². The highest BCUT2D eigenvalue weighted by Gasteiger charge is 2.54. The molecule has 4 rings (SSSR count). The van der Waals surface area contributed by atoms with Gasteiger partial charge in [-0.3, -0.25) is 19.3 Å². The summed E-state index contributed by atoms with van der Waals surface area (Å²) >= 11 is 3.85. The summed E-state index contributed by atoms with van der Waals surface area (Å²) in [7, 11) is 1.27. The molecule has 0 radical (unpaired) electrons. The summed E-state index contributed by atoms with van der Waals surface area (Å²) in [4.78, 5) is 59.4. The largest absolute Gasteiger partial charge is 0.480 e. The van der Waals surface area contributed by atoms with Gasteiger partial charge in [-0.25, -0.2) is 9.78 Å². The summed E-state index contributed by atoms with van der Waals surface area (Å²) in [5.41, 5.74) is 8.84. The first-order valence-electron chi connectivity index (χ1n) is 10.8. The number of carboxylic acids is 2. The first kappa shape index (κ1) is 27.2. The number of carboxylic acid groups (broad SMARTS) is 2. The van der Waals surface area contributed by atoms with Crippen LogP contribution >= 0.6 is 34.9 Å². The van der Waals surface area contributed by atoms with Crippen molar-refractivity contribution < 1.29 is 38.9 Å². The summed E-state index contributed by atoms with van der Waals surface area (Å²) in [6, 6.07) is 2.57. The molecule has 14 nitrogen and oxygen atoms in total. The van der Waals surface area contributed by atoms with Gasteiger partial charge in [0.2, 0.25) is 12.4 Å². The highest BCUT2D eigenvalue weighted by Crippen LogP contribution is 2.41. The van der Waals surface area contributed by atoms with Gasteiger partial charge in [0.05, 0.1) is 0 Å². The molecule has 17 heteroatoms. The number of thiazole rings is 1. The van der Waals surface area contributed by atoms with Crippen LogP contribution in [0.2, 0.25) is 0 Å². The molecule has 0 unspecified atom stereocenters. The molecule has 2 atom stereocenters. The number of hydrogen-bond donors (Lipinski definition) is 5. The van der Waals surface area contributed by atoms with Gasteiger partial charge in [-0.05, 0) is 5.57 Å². The van der Waals surface area contributed by atoms with Crippen molar-refractivity contribution in [3.05, 3.63) is 46.9 Å². The Balaban J connectivity index is 1.43. The van der Waals surface area contributed by atoms with Crippen LogP contribution in [0.25, 0.3) is 0 Å². The van der Waals surface area contributed by atoms with Gasteiger partial charge in [-0.1, -0.05) is 9.83 Å². The zero-order chi connectivity index (χ0) is 27.4. The van der Waals surface area contributed by atoms with Crippen molar-refractivity contribution in [2.45, 2.75) is 16.3 Å². The molecule has 38 heavy (non-hydrogen) atoms. The first-order valence-corrected chi connectivity index (χ1v) is 13.7. The molecule has 0 aliphatic carbocycles. The molecule has 0 aromatic carbocycles. The van der Waals surface area contributed by atoms with Crippen LogP contribution in [0.4, 0.5) is 5.13 Å². The number of amides is 2. The van der Waals surface area contributed by atoms with Crippen molar-refractivity contribution in [3.8, 4) is 0 Å². The van der Waals surface area contributed by atoms with Gasteiger partial charge in [0.15, 0.2) is 17.4 Å². The molecule has 6 N–H and O–H groups in total. The number of carbonyl (C=O) groups excluding carboxylic acids is 2. The average molecular weight is 581 g/mol. The van der Waals surface area contributed by atoms with Crippen LogP contribution in [0.15, 0.2) is 51.2 Å². The number of nitrogens with zero attached hydrogens (tertiary/aromatic N) is 4. The number of nitrogens with two attached hydrogens (primary N) is 1. The Morgan fingerprint density at radius 3 is 2.68 bits per heavy atom. The fourth-order valence-electron chi connectivity index (χ4n) is 3.64. The number of β-lactam (4-membered cyclic amide) rings is 1. The molecule has 0 spiro atoms. The molecule has 2 aliphatic rings. The van der Waals surface area contributed by atoms with E-state index in [0.717, 1.165) is 16.2 Å². The number of nitrogen functional groups attached to an aromatic ring is 1. The fourth-order valence-corrected chi connectivity index (χ4v) is 6.56. The Hall–Kier alpha value is -3.83. The van der Waals surface area contributed by atoms with Gasteiger partial charge in [0, 0.05) is 33.9 Å². The van der Waals surface area contributed by atoms with Crippen LogP contribution in [0.3, 0.4) is 0 Å². The van der Waals surface area contributed by atoms with E-state index in [-0.39, 0.29) is 28.8 Å². The highest BCUT2D eigenvalue weighted by molar-refractivity contribution is 8.01. The zero-order valence-corrected chi connectivity index (χ0v) is 22.1. The number of thioether (sulfide) groups is 2. The molecule has 1 fully saturated rings. The zero-order valence-electron chi connectivity index (χ0n) is 19.7. The fraction of sp³-hybridized carbons (Fsp3) is 0.286. The molecule has 2 aromatic heterocycles. The SMILES string of the molecule is CO/N=C(/C(=O)N[C@@H]1C(=O)N2C(C(=O)O)=C(CSc3cc[n+](NCC(=O)O)cc3)CS[C@H]12)c1csc(N)n1. The van der Waals surface area contributed by atoms with Gasteiger partial charge >= 0.3 is 11.9 Å². The number of rotatable bonds is 11. The van der Waals surface area contributed by atoms with E-state index in [0.29, 0.717) is 17.1 Å². The highest BCUT2D eigenvalue weighted by atomic mass is 32.2. The maximum absolute atomic E-state index is 13.0.